The summed E-state index contributed by atoms with van der Waals surface area (Å²) < 4.78 is 0. The molecular weight excluding hydrogens is 366 g/mol. The molecule has 0 spiro atoms. The van der Waals surface area contributed by atoms with Crippen LogP contribution in [-0.4, -0.2) is 33.0 Å². The Labute approximate surface area is 169 Å². The minimum atomic E-state index is -0.396. The van der Waals surface area contributed by atoms with Gasteiger partial charge in [-0.1, -0.05) is 18.2 Å². The summed E-state index contributed by atoms with van der Waals surface area (Å²) >= 11 is 0. The van der Waals surface area contributed by atoms with Crippen LogP contribution in [-0.2, 0) is 6.42 Å². The molecule has 29 heavy (non-hydrogen) atoms. The molecule has 148 valence electrons. The van der Waals surface area contributed by atoms with E-state index in [0.717, 1.165) is 43.9 Å². The molecule has 7 heteroatoms. The standard InChI is InChI=1S/C22H23N5O2/c1-16-12-21(25-22(24-16)19-5-2-6-20(14-19)27(28)29)26-10-7-17(8-11-26)13-18-4-3-9-23-15-18/h2-6,9,12,14-15,17H,7-8,10-11,13H2,1H3. The highest BCUT2D eigenvalue weighted by Gasteiger charge is 2.21. The lowest BCUT2D eigenvalue weighted by Crippen LogP contribution is -2.35. The topological polar surface area (TPSA) is 85.0 Å². The number of aromatic nitrogens is 3. The highest BCUT2D eigenvalue weighted by atomic mass is 16.6. The Bertz CT molecular complexity index is 1000. The number of hydrogen-bond acceptors (Lipinski definition) is 6. The zero-order valence-electron chi connectivity index (χ0n) is 16.4. The van der Waals surface area contributed by atoms with Crippen LogP contribution >= 0.6 is 0 Å². The maximum absolute atomic E-state index is 11.1. The third-order valence-electron chi connectivity index (χ3n) is 5.34. The SMILES string of the molecule is Cc1cc(N2CCC(Cc3cccnc3)CC2)nc(-c2cccc([N+](=O)[O-])c2)n1. The molecule has 2 aromatic heterocycles. The number of non-ortho nitro benzene ring substituents is 1. The Hall–Kier alpha value is -3.35. The lowest BCUT2D eigenvalue weighted by molar-refractivity contribution is -0.384. The average Bonchev–Trinajstić information content (AvgIpc) is 2.75. The van der Waals surface area contributed by atoms with Crippen LogP contribution < -0.4 is 4.90 Å². The van der Waals surface area contributed by atoms with Crippen LogP contribution in [0.25, 0.3) is 11.4 Å². The van der Waals surface area contributed by atoms with Crippen LogP contribution in [0.3, 0.4) is 0 Å². The minimum Gasteiger partial charge on any atom is -0.356 e. The summed E-state index contributed by atoms with van der Waals surface area (Å²) in [6, 6.07) is 12.6. The molecule has 1 aliphatic rings. The van der Waals surface area contributed by atoms with Crippen LogP contribution in [0.15, 0.2) is 54.9 Å². The van der Waals surface area contributed by atoms with Gasteiger partial charge in [0, 0.05) is 54.9 Å². The van der Waals surface area contributed by atoms with Gasteiger partial charge in [-0.3, -0.25) is 15.1 Å². The number of aryl methyl sites for hydroxylation is 1. The van der Waals surface area contributed by atoms with Crippen molar-refractivity contribution >= 4 is 11.5 Å². The summed E-state index contributed by atoms with van der Waals surface area (Å²) in [5.74, 6) is 2.06. The van der Waals surface area contributed by atoms with E-state index in [4.69, 9.17) is 4.98 Å². The van der Waals surface area contributed by atoms with Gasteiger partial charge >= 0.3 is 0 Å². The number of nitro benzene ring substituents is 1. The first-order chi connectivity index (χ1) is 14.1. The molecule has 4 rings (SSSR count). The van der Waals surface area contributed by atoms with E-state index in [0.29, 0.717) is 17.3 Å². The Morgan fingerprint density at radius 2 is 1.97 bits per heavy atom. The van der Waals surface area contributed by atoms with E-state index in [1.165, 1.54) is 17.7 Å². The van der Waals surface area contributed by atoms with Crippen LogP contribution in [0.2, 0.25) is 0 Å². The highest BCUT2D eigenvalue weighted by molar-refractivity contribution is 5.61. The second kappa shape index (κ2) is 8.34. The van der Waals surface area contributed by atoms with E-state index in [-0.39, 0.29) is 5.69 Å². The second-order valence-electron chi connectivity index (χ2n) is 7.49. The van der Waals surface area contributed by atoms with Crippen molar-refractivity contribution in [3.63, 3.8) is 0 Å². The van der Waals surface area contributed by atoms with E-state index in [9.17, 15) is 10.1 Å². The first-order valence-corrected chi connectivity index (χ1v) is 9.83. The van der Waals surface area contributed by atoms with Gasteiger partial charge in [-0.2, -0.15) is 0 Å². The van der Waals surface area contributed by atoms with Crippen molar-refractivity contribution in [2.75, 3.05) is 18.0 Å². The molecule has 0 atom stereocenters. The molecular formula is C22H23N5O2. The quantitative estimate of drug-likeness (QED) is 0.480. The van der Waals surface area contributed by atoms with E-state index in [1.54, 1.807) is 6.07 Å². The number of pyridine rings is 1. The number of nitrogens with zero attached hydrogens (tertiary/aromatic N) is 5. The third kappa shape index (κ3) is 4.56. The van der Waals surface area contributed by atoms with Crippen molar-refractivity contribution in [1.82, 2.24) is 15.0 Å². The average molecular weight is 389 g/mol. The Balaban J connectivity index is 1.48. The summed E-state index contributed by atoms with van der Waals surface area (Å²) in [5, 5.41) is 11.1. The van der Waals surface area contributed by atoms with E-state index >= 15 is 0 Å². The number of piperidine rings is 1. The third-order valence-corrected chi connectivity index (χ3v) is 5.34. The predicted molar refractivity (Wildman–Crippen MR) is 112 cm³/mol. The van der Waals surface area contributed by atoms with E-state index in [2.05, 4.69) is 20.9 Å². The van der Waals surface area contributed by atoms with Crippen molar-refractivity contribution < 1.29 is 4.92 Å². The molecule has 0 saturated carbocycles. The summed E-state index contributed by atoms with van der Waals surface area (Å²) in [6.45, 7) is 3.81. The summed E-state index contributed by atoms with van der Waals surface area (Å²) in [4.78, 5) is 26.4. The van der Waals surface area contributed by atoms with Gasteiger partial charge in [0.1, 0.15) is 5.82 Å². The number of nitro groups is 1. The molecule has 0 unspecified atom stereocenters. The van der Waals surface area contributed by atoms with E-state index < -0.39 is 4.92 Å². The van der Waals surface area contributed by atoms with Crippen LogP contribution in [0, 0.1) is 23.0 Å². The molecule has 1 aliphatic heterocycles. The Morgan fingerprint density at radius 3 is 2.69 bits per heavy atom. The summed E-state index contributed by atoms with van der Waals surface area (Å²) in [7, 11) is 0. The molecule has 3 aromatic rings. The smallest absolute Gasteiger partial charge is 0.270 e. The number of anilines is 1. The fourth-order valence-corrected chi connectivity index (χ4v) is 3.82. The van der Waals surface area contributed by atoms with Gasteiger partial charge in [0.15, 0.2) is 5.82 Å². The summed E-state index contributed by atoms with van der Waals surface area (Å²) in [6.07, 6.45) is 7.02. The monoisotopic (exact) mass is 389 g/mol. The van der Waals surface area contributed by atoms with Gasteiger partial charge < -0.3 is 4.90 Å². The van der Waals surface area contributed by atoms with Gasteiger partial charge in [-0.05, 0) is 43.7 Å². The molecule has 1 aromatic carbocycles. The van der Waals surface area contributed by atoms with Gasteiger partial charge in [0.05, 0.1) is 4.92 Å². The molecule has 0 radical (unpaired) electrons. The van der Waals surface area contributed by atoms with Gasteiger partial charge in [-0.15, -0.1) is 0 Å². The summed E-state index contributed by atoms with van der Waals surface area (Å²) in [5.41, 5.74) is 2.85. The van der Waals surface area contributed by atoms with E-state index in [1.807, 2.05) is 37.5 Å². The first-order valence-electron chi connectivity index (χ1n) is 9.83. The van der Waals surface area contributed by atoms with Crippen molar-refractivity contribution in [2.45, 2.75) is 26.2 Å². The predicted octanol–water partition coefficient (Wildman–Crippen LogP) is 4.21. The molecule has 0 amide bonds. The molecule has 0 bridgehead atoms. The molecule has 1 fully saturated rings. The molecule has 0 aliphatic carbocycles. The minimum absolute atomic E-state index is 0.0466. The Morgan fingerprint density at radius 1 is 1.14 bits per heavy atom. The molecule has 7 nitrogen and oxygen atoms in total. The van der Waals surface area contributed by atoms with Crippen molar-refractivity contribution in [1.29, 1.82) is 0 Å². The fraction of sp³-hybridized carbons (Fsp3) is 0.318. The maximum atomic E-state index is 11.1. The second-order valence-corrected chi connectivity index (χ2v) is 7.49. The molecule has 0 N–H and O–H groups in total. The molecule has 3 heterocycles. The molecule has 1 saturated heterocycles. The largest absolute Gasteiger partial charge is 0.356 e. The van der Waals surface area contributed by atoms with Gasteiger partial charge in [0.25, 0.3) is 5.69 Å². The van der Waals surface area contributed by atoms with Crippen molar-refractivity contribution in [3.05, 3.63) is 76.2 Å². The van der Waals surface area contributed by atoms with Crippen molar-refractivity contribution in [2.24, 2.45) is 5.92 Å². The van der Waals surface area contributed by atoms with Crippen LogP contribution in [0.1, 0.15) is 24.1 Å². The number of hydrogen-bond donors (Lipinski definition) is 0. The Kier molecular flexibility index (Phi) is 5.46. The lowest BCUT2D eigenvalue weighted by Gasteiger charge is -2.33. The van der Waals surface area contributed by atoms with Crippen LogP contribution in [0.4, 0.5) is 11.5 Å². The zero-order valence-corrected chi connectivity index (χ0v) is 16.4. The maximum Gasteiger partial charge on any atom is 0.270 e. The highest BCUT2D eigenvalue weighted by Crippen LogP contribution is 2.27. The van der Waals surface area contributed by atoms with Gasteiger partial charge in [-0.25, -0.2) is 9.97 Å². The number of rotatable bonds is 5. The lowest BCUT2D eigenvalue weighted by atomic mass is 9.91. The van der Waals surface area contributed by atoms with Crippen molar-refractivity contribution in [3.8, 4) is 11.4 Å². The zero-order chi connectivity index (χ0) is 20.2. The van der Waals surface area contributed by atoms with Gasteiger partial charge in [0.2, 0.25) is 0 Å². The normalized spacial score (nSPS) is 14.7. The number of benzene rings is 1. The fourth-order valence-electron chi connectivity index (χ4n) is 3.82. The first kappa shape index (κ1) is 19.0. The van der Waals surface area contributed by atoms with Crippen LogP contribution in [0.5, 0.6) is 0 Å².